The monoisotopic (exact) mass is 438 g/mol. The highest BCUT2D eigenvalue weighted by Gasteiger charge is 2.20. The van der Waals surface area contributed by atoms with Gasteiger partial charge in [0.1, 0.15) is 18.5 Å². The molecule has 1 aromatic heterocycles. The first-order chi connectivity index (χ1) is 15.1. The maximum absolute atomic E-state index is 11.7. The highest BCUT2D eigenvalue weighted by atomic mass is 32.1. The van der Waals surface area contributed by atoms with Crippen molar-refractivity contribution >= 4 is 27.2 Å². The van der Waals surface area contributed by atoms with E-state index >= 15 is 0 Å². The molecule has 4 rings (SSSR count). The third-order valence-electron chi connectivity index (χ3n) is 5.83. The quantitative estimate of drug-likeness (QED) is 0.511. The van der Waals surface area contributed by atoms with Gasteiger partial charge in [0.15, 0.2) is 5.78 Å². The molecule has 3 aromatic rings. The minimum Gasteiger partial charge on any atom is -0.491 e. The van der Waals surface area contributed by atoms with Crippen molar-refractivity contribution in [1.29, 1.82) is 0 Å². The number of carbonyl (C=O) groups excluding carboxylic acids is 1. The topological polar surface area (TPSA) is 53.0 Å². The van der Waals surface area contributed by atoms with Gasteiger partial charge in [-0.3, -0.25) is 14.6 Å². The Labute approximate surface area is 187 Å². The molecule has 0 bridgehead atoms. The van der Waals surface area contributed by atoms with Crippen LogP contribution in [0, 0.1) is 0 Å². The van der Waals surface area contributed by atoms with Crippen molar-refractivity contribution in [3.05, 3.63) is 65.0 Å². The number of hydrogen-bond acceptors (Lipinski definition) is 6. The number of carbonyl (C=O) groups is 1. The summed E-state index contributed by atoms with van der Waals surface area (Å²) in [5, 5.41) is 14.1. The molecule has 31 heavy (non-hydrogen) atoms. The number of Topliss-reactive ketones (excluding diaryl/α,β-unsaturated/α-hetero) is 1. The van der Waals surface area contributed by atoms with Crippen LogP contribution in [0.4, 0.5) is 0 Å². The average Bonchev–Trinajstić information content (AvgIpc) is 3.21. The third kappa shape index (κ3) is 5.71. The van der Waals surface area contributed by atoms with Crippen LogP contribution in [-0.2, 0) is 6.54 Å². The first-order valence-electron chi connectivity index (χ1n) is 11.0. The van der Waals surface area contributed by atoms with E-state index in [-0.39, 0.29) is 12.4 Å². The van der Waals surface area contributed by atoms with Gasteiger partial charge in [0.2, 0.25) is 0 Å². The average molecular weight is 439 g/mol. The fourth-order valence-electron chi connectivity index (χ4n) is 4.01. The minimum atomic E-state index is -0.538. The van der Waals surface area contributed by atoms with Crippen molar-refractivity contribution in [2.45, 2.75) is 26.0 Å². The SMILES string of the molecule is CCC(=O)c1ccc(OC[C@H](O)CN2CCN(Cc3csc4ccccc34)CC2)cc1. The number of aliphatic hydroxyl groups excluding tert-OH is 1. The lowest BCUT2D eigenvalue weighted by atomic mass is 10.1. The van der Waals surface area contributed by atoms with E-state index in [4.69, 9.17) is 4.74 Å². The smallest absolute Gasteiger partial charge is 0.162 e. The van der Waals surface area contributed by atoms with Gasteiger partial charge in [-0.2, -0.15) is 0 Å². The van der Waals surface area contributed by atoms with Crippen LogP contribution in [0.2, 0.25) is 0 Å². The maximum atomic E-state index is 11.7. The Bertz CT molecular complexity index is 993. The zero-order chi connectivity index (χ0) is 21.6. The summed E-state index contributed by atoms with van der Waals surface area (Å²) in [5.74, 6) is 0.803. The Hall–Kier alpha value is -2.25. The van der Waals surface area contributed by atoms with Crippen molar-refractivity contribution in [2.75, 3.05) is 39.3 Å². The predicted molar refractivity (Wildman–Crippen MR) is 126 cm³/mol. The fraction of sp³-hybridized carbons (Fsp3) is 0.400. The molecule has 2 heterocycles. The molecule has 1 fully saturated rings. The number of fused-ring (bicyclic) bond motifs is 1. The van der Waals surface area contributed by atoms with Crippen LogP contribution in [0.3, 0.4) is 0 Å². The summed E-state index contributed by atoms with van der Waals surface area (Å²) >= 11 is 1.82. The van der Waals surface area contributed by atoms with Gasteiger partial charge in [0.25, 0.3) is 0 Å². The predicted octanol–water partition coefficient (Wildman–Crippen LogP) is 4.05. The van der Waals surface area contributed by atoms with Gasteiger partial charge in [-0.05, 0) is 46.7 Å². The van der Waals surface area contributed by atoms with Crippen LogP contribution in [0.5, 0.6) is 5.75 Å². The number of hydrogen-bond donors (Lipinski definition) is 1. The largest absolute Gasteiger partial charge is 0.491 e. The van der Waals surface area contributed by atoms with Crippen LogP contribution in [0.1, 0.15) is 29.3 Å². The number of nitrogens with zero attached hydrogens (tertiary/aromatic N) is 2. The summed E-state index contributed by atoms with van der Waals surface area (Å²) in [6, 6.07) is 15.8. The van der Waals surface area contributed by atoms with Gasteiger partial charge in [0, 0.05) is 56.0 Å². The standard InChI is InChI=1S/C25H30N2O3S/c1-2-24(29)19-7-9-22(10-8-19)30-17-21(28)16-27-13-11-26(12-14-27)15-20-18-31-25-6-4-3-5-23(20)25/h3-10,18,21,28H,2,11-17H2,1H3/t21-/m1/s1. The second kappa shape index (κ2) is 10.4. The summed E-state index contributed by atoms with van der Waals surface area (Å²) < 4.78 is 7.07. The van der Waals surface area contributed by atoms with E-state index in [1.807, 2.05) is 18.3 Å². The van der Waals surface area contributed by atoms with Gasteiger partial charge in [-0.1, -0.05) is 25.1 Å². The first-order valence-corrected chi connectivity index (χ1v) is 11.8. The maximum Gasteiger partial charge on any atom is 0.162 e. The zero-order valence-corrected chi connectivity index (χ0v) is 18.8. The van der Waals surface area contributed by atoms with Crippen molar-refractivity contribution in [1.82, 2.24) is 9.80 Å². The summed E-state index contributed by atoms with van der Waals surface area (Å²) in [7, 11) is 0. The lowest BCUT2D eigenvalue weighted by molar-refractivity contribution is 0.0447. The summed E-state index contributed by atoms with van der Waals surface area (Å²) in [6.07, 6.45) is -0.0416. The molecular weight excluding hydrogens is 408 g/mol. The highest BCUT2D eigenvalue weighted by molar-refractivity contribution is 7.17. The molecule has 1 atom stereocenters. The normalized spacial score (nSPS) is 16.5. The van der Waals surface area contributed by atoms with E-state index in [0.717, 1.165) is 32.7 Å². The van der Waals surface area contributed by atoms with Crippen LogP contribution in [0.15, 0.2) is 53.9 Å². The number of piperazine rings is 1. The van der Waals surface area contributed by atoms with Crippen LogP contribution in [-0.4, -0.2) is 66.1 Å². The van der Waals surface area contributed by atoms with E-state index < -0.39 is 6.10 Å². The summed E-state index contributed by atoms with van der Waals surface area (Å²) in [4.78, 5) is 16.5. The van der Waals surface area contributed by atoms with E-state index in [0.29, 0.717) is 24.3 Å². The molecule has 0 radical (unpaired) electrons. The molecule has 1 N–H and O–H groups in total. The molecule has 5 nitrogen and oxygen atoms in total. The van der Waals surface area contributed by atoms with Crippen LogP contribution >= 0.6 is 11.3 Å². The molecule has 0 aliphatic carbocycles. The zero-order valence-electron chi connectivity index (χ0n) is 18.0. The Morgan fingerprint density at radius 3 is 2.52 bits per heavy atom. The summed E-state index contributed by atoms with van der Waals surface area (Å²) in [5.41, 5.74) is 2.11. The molecular formula is C25H30N2O3S. The summed E-state index contributed by atoms with van der Waals surface area (Å²) in [6.45, 7) is 7.62. The molecule has 1 aliphatic heterocycles. The van der Waals surface area contributed by atoms with Crippen molar-refractivity contribution < 1.29 is 14.6 Å². The Morgan fingerprint density at radius 1 is 1.06 bits per heavy atom. The van der Waals surface area contributed by atoms with E-state index in [1.165, 1.54) is 15.6 Å². The molecule has 0 spiro atoms. The van der Waals surface area contributed by atoms with Crippen molar-refractivity contribution in [3.8, 4) is 5.75 Å². The lowest BCUT2D eigenvalue weighted by Gasteiger charge is -2.35. The Balaban J connectivity index is 1.19. The lowest BCUT2D eigenvalue weighted by Crippen LogP contribution is -2.48. The molecule has 1 saturated heterocycles. The first kappa shape index (κ1) is 22.0. The number of ketones is 1. The van der Waals surface area contributed by atoms with Gasteiger partial charge in [-0.25, -0.2) is 0 Å². The third-order valence-corrected chi connectivity index (χ3v) is 6.84. The number of aliphatic hydroxyl groups is 1. The molecule has 1 aliphatic rings. The Morgan fingerprint density at radius 2 is 1.77 bits per heavy atom. The number of thiophene rings is 1. The molecule has 2 aromatic carbocycles. The van der Waals surface area contributed by atoms with Gasteiger partial charge >= 0.3 is 0 Å². The number of rotatable bonds is 9. The van der Waals surface area contributed by atoms with E-state index in [2.05, 4.69) is 39.4 Å². The van der Waals surface area contributed by atoms with E-state index in [9.17, 15) is 9.90 Å². The van der Waals surface area contributed by atoms with Crippen LogP contribution in [0.25, 0.3) is 10.1 Å². The molecule has 0 saturated carbocycles. The Kier molecular flexibility index (Phi) is 7.35. The van der Waals surface area contributed by atoms with Crippen LogP contribution < -0.4 is 4.74 Å². The number of benzene rings is 2. The number of β-amino-alcohol motifs (C(OH)–C–C–N with tert-alkyl or cyclic N) is 1. The second-order valence-electron chi connectivity index (χ2n) is 8.10. The number of ether oxygens (including phenoxy) is 1. The molecule has 0 unspecified atom stereocenters. The van der Waals surface area contributed by atoms with Crippen molar-refractivity contribution in [2.24, 2.45) is 0 Å². The highest BCUT2D eigenvalue weighted by Crippen LogP contribution is 2.27. The van der Waals surface area contributed by atoms with Gasteiger partial charge < -0.3 is 9.84 Å². The van der Waals surface area contributed by atoms with E-state index in [1.54, 1.807) is 24.3 Å². The minimum absolute atomic E-state index is 0.123. The molecule has 0 amide bonds. The molecule has 164 valence electrons. The fourth-order valence-corrected chi connectivity index (χ4v) is 4.96. The van der Waals surface area contributed by atoms with Crippen molar-refractivity contribution in [3.63, 3.8) is 0 Å². The second-order valence-corrected chi connectivity index (χ2v) is 9.01. The van der Waals surface area contributed by atoms with Gasteiger partial charge in [-0.15, -0.1) is 11.3 Å². The molecule has 6 heteroatoms. The van der Waals surface area contributed by atoms with Gasteiger partial charge in [0.05, 0.1) is 0 Å².